The maximum absolute atomic E-state index is 13.1. The summed E-state index contributed by atoms with van der Waals surface area (Å²) in [6.07, 6.45) is 1.03. The Morgan fingerprint density at radius 1 is 1.00 bits per heavy atom. The molecule has 0 saturated carbocycles. The average Bonchev–Trinajstić information content (AvgIpc) is 2.75. The highest BCUT2D eigenvalue weighted by atomic mass is 35.5. The monoisotopic (exact) mass is 453 g/mol. The SMILES string of the molecule is Cl.O=C(Nc1ccc(S(=O)(=O)C(C(=O)NO)C2CCNCC2)cc1)c1ccccc1. The smallest absolute Gasteiger partial charge is 0.262 e. The number of nitrogens with one attached hydrogen (secondary N) is 3. The number of hydrogen-bond donors (Lipinski definition) is 4. The summed E-state index contributed by atoms with van der Waals surface area (Å²) in [5, 5.41) is 13.5. The van der Waals surface area contributed by atoms with Gasteiger partial charge in [-0.3, -0.25) is 14.8 Å². The maximum Gasteiger partial charge on any atom is 0.262 e. The van der Waals surface area contributed by atoms with Crippen LogP contribution in [0, 0.1) is 5.92 Å². The first-order valence-electron chi connectivity index (χ1n) is 9.28. The molecule has 162 valence electrons. The molecule has 0 aliphatic carbocycles. The molecule has 0 radical (unpaired) electrons. The van der Waals surface area contributed by atoms with Crippen LogP contribution in [0.25, 0.3) is 0 Å². The molecule has 1 aliphatic heterocycles. The zero-order chi connectivity index (χ0) is 20.9. The van der Waals surface area contributed by atoms with E-state index in [0.717, 1.165) is 0 Å². The highest BCUT2D eigenvalue weighted by Crippen LogP contribution is 2.28. The average molecular weight is 454 g/mol. The van der Waals surface area contributed by atoms with Crippen LogP contribution in [0.5, 0.6) is 0 Å². The second-order valence-electron chi connectivity index (χ2n) is 6.87. The Kier molecular flexibility index (Phi) is 8.36. The van der Waals surface area contributed by atoms with E-state index in [1.165, 1.54) is 29.7 Å². The third-order valence-corrected chi connectivity index (χ3v) is 7.19. The van der Waals surface area contributed by atoms with Crippen LogP contribution < -0.4 is 16.1 Å². The number of piperidine rings is 1. The molecular formula is C20H24ClN3O5S. The number of sulfone groups is 1. The van der Waals surface area contributed by atoms with Crippen molar-refractivity contribution >= 4 is 39.7 Å². The summed E-state index contributed by atoms with van der Waals surface area (Å²) in [4.78, 5) is 24.4. The molecule has 0 bridgehead atoms. The highest BCUT2D eigenvalue weighted by Gasteiger charge is 2.40. The van der Waals surface area contributed by atoms with Gasteiger partial charge >= 0.3 is 0 Å². The van der Waals surface area contributed by atoms with Crippen LogP contribution in [0.4, 0.5) is 5.69 Å². The zero-order valence-corrected chi connectivity index (χ0v) is 17.7. The molecule has 2 aromatic carbocycles. The fourth-order valence-electron chi connectivity index (χ4n) is 3.49. The van der Waals surface area contributed by atoms with E-state index in [1.807, 2.05) is 0 Å². The minimum absolute atomic E-state index is 0. The number of hydrogen-bond acceptors (Lipinski definition) is 6. The molecule has 1 heterocycles. The normalized spacial score (nSPS) is 15.5. The maximum atomic E-state index is 13.1. The topological polar surface area (TPSA) is 125 Å². The molecule has 1 unspecified atom stereocenters. The quantitative estimate of drug-likeness (QED) is 0.391. The molecule has 3 rings (SSSR count). The first kappa shape index (κ1) is 23.8. The number of carbonyl (C=O) groups excluding carboxylic acids is 2. The standard InChI is InChI=1S/C20H23N3O5S.ClH/c24-19(15-4-2-1-3-5-15)22-16-6-8-17(9-7-16)29(27,28)18(20(25)23-26)14-10-12-21-13-11-14;/h1-9,14,18,21,26H,10-13H2,(H,22,24)(H,23,25);1H. The first-order valence-corrected chi connectivity index (χ1v) is 10.8. The number of hydroxylamine groups is 1. The van der Waals surface area contributed by atoms with Crippen molar-refractivity contribution in [2.75, 3.05) is 18.4 Å². The summed E-state index contributed by atoms with van der Waals surface area (Å²) in [6, 6.07) is 14.3. The van der Waals surface area contributed by atoms with Crippen LogP contribution in [-0.2, 0) is 14.6 Å². The van der Waals surface area contributed by atoms with Crippen molar-refractivity contribution in [3.8, 4) is 0 Å². The lowest BCUT2D eigenvalue weighted by Gasteiger charge is -2.29. The van der Waals surface area contributed by atoms with Gasteiger partial charge in [0.25, 0.3) is 11.8 Å². The molecule has 4 N–H and O–H groups in total. The van der Waals surface area contributed by atoms with Gasteiger partial charge in [0, 0.05) is 11.3 Å². The van der Waals surface area contributed by atoms with E-state index < -0.39 is 26.9 Å². The summed E-state index contributed by atoms with van der Waals surface area (Å²) in [6.45, 7) is 1.22. The minimum atomic E-state index is -4.02. The van der Waals surface area contributed by atoms with Gasteiger partial charge < -0.3 is 10.6 Å². The molecule has 0 aromatic heterocycles. The Morgan fingerprint density at radius 3 is 2.17 bits per heavy atom. The van der Waals surface area contributed by atoms with Gasteiger partial charge in [-0.2, -0.15) is 0 Å². The van der Waals surface area contributed by atoms with Gasteiger partial charge in [0.1, 0.15) is 5.25 Å². The van der Waals surface area contributed by atoms with Crippen molar-refractivity contribution in [3.63, 3.8) is 0 Å². The molecule has 1 aliphatic rings. The largest absolute Gasteiger partial charge is 0.322 e. The van der Waals surface area contributed by atoms with Crippen LogP contribution in [0.2, 0.25) is 0 Å². The third kappa shape index (κ3) is 5.37. The molecule has 8 nitrogen and oxygen atoms in total. The third-order valence-electron chi connectivity index (χ3n) is 4.99. The molecule has 1 saturated heterocycles. The lowest BCUT2D eigenvalue weighted by Crippen LogP contribution is -2.46. The predicted octanol–water partition coefficient (Wildman–Crippen LogP) is 2.01. The van der Waals surface area contributed by atoms with Crippen molar-refractivity contribution in [2.45, 2.75) is 23.0 Å². The molecule has 2 amide bonds. The van der Waals surface area contributed by atoms with E-state index in [0.29, 0.717) is 37.2 Å². The van der Waals surface area contributed by atoms with Gasteiger partial charge in [-0.25, -0.2) is 13.9 Å². The van der Waals surface area contributed by atoms with E-state index in [-0.39, 0.29) is 23.2 Å². The Hall–Kier alpha value is -2.46. The summed E-state index contributed by atoms with van der Waals surface area (Å²) >= 11 is 0. The van der Waals surface area contributed by atoms with Crippen molar-refractivity contribution in [1.82, 2.24) is 10.8 Å². The lowest BCUT2D eigenvalue weighted by molar-refractivity contribution is -0.129. The lowest BCUT2D eigenvalue weighted by atomic mass is 9.94. The Balaban J connectivity index is 0.00000320. The molecule has 0 spiro atoms. The second kappa shape index (κ2) is 10.5. The fourth-order valence-corrected chi connectivity index (χ4v) is 5.41. The van der Waals surface area contributed by atoms with Gasteiger partial charge in [-0.1, -0.05) is 18.2 Å². The summed E-state index contributed by atoms with van der Waals surface area (Å²) in [5.41, 5.74) is 2.41. The Bertz CT molecular complexity index is 962. The van der Waals surface area contributed by atoms with Crippen LogP contribution in [0.15, 0.2) is 59.5 Å². The molecule has 1 atom stereocenters. The number of benzene rings is 2. The Labute approximate surface area is 181 Å². The van der Waals surface area contributed by atoms with Crippen molar-refractivity contribution in [3.05, 3.63) is 60.2 Å². The van der Waals surface area contributed by atoms with Crippen LogP contribution >= 0.6 is 12.4 Å². The van der Waals surface area contributed by atoms with Crippen LogP contribution in [0.1, 0.15) is 23.2 Å². The van der Waals surface area contributed by atoms with E-state index in [1.54, 1.807) is 30.3 Å². The highest BCUT2D eigenvalue weighted by molar-refractivity contribution is 7.92. The fraction of sp³-hybridized carbons (Fsp3) is 0.300. The van der Waals surface area contributed by atoms with E-state index in [2.05, 4.69) is 10.6 Å². The van der Waals surface area contributed by atoms with Crippen molar-refractivity contribution in [2.24, 2.45) is 5.92 Å². The van der Waals surface area contributed by atoms with Gasteiger partial charge in [0.15, 0.2) is 9.84 Å². The number of carbonyl (C=O) groups is 2. The van der Waals surface area contributed by atoms with Gasteiger partial charge in [-0.15, -0.1) is 12.4 Å². The van der Waals surface area contributed by atoms with E-state index in [9.17, 15) is 18.0 Å². The van der Waals surface area contributed by atoms with Crippen LogP contribution in [0.3, 0.4) is 0 Å². The zero-order valence-electron chi connectivity index (χ0n) is 16.1. The summed E-state index contributed by atoms with van der Waals surface area (Å²) < 4.78 is 26.2. The molecule has 1 fully saturated rings. The second-order valence-corrected chi connectivity index (χ2v) is 8.94. The molecule has 2 aromatic rings. The van der Waals surface area contributed by atoms with Crippen LogP contribution in [-0.4, -0.2) is 43.8 Å². The van der Waals surface area contributed by atoms with Gasteiger partial charge in [0.2, 0.25) is 0 Å². The molecule has 10 heteroatoms. The predicted molar refractivity (Wildman–Crippen MR) is 115 cm³/mol. The Morgan fingerprint density at radius 2 is 1.60 bits per heavy atom. The summed E-state index contributed by atoms with van der Waals surface area (Å²) in [7, 11) is -4.02. The number of amides is 2. The molecule has 30 heavy (non-hydrogen) atoms. The van der Waals surface area contributed by atoms with E-state index >= 15 is 0 Å². The minimum Gasteiger partial charge on any atom is -0.322 e. The summed E-state index contributed by atoms with van der Waals surface area (Å²) in [5.74, 6) is -1.64. The number of anilines is 1. The van der Waals surface area contributed by atoms with Gasteiger partial charge in [0.05, 0.1) is 4.90 Å². The number of rotatable bonds is 6. The van der Waals surface area contributed by atoms with Crippen molar-refractivity contribution < 1.29 is 23.2 Å². The van der Waals surface area contributed by atoms with Gasteiger partial charge in [-0.05, 0) is 68.2 Å². The van der Waals surface area contributed by atoms with E-state index in [4.69, 9.17) is 5.21 Å². The van der Waals surface area contributed by atoms with Crippen molar-refractivity contribution in [1.29, 1.82) is 0 Å². The first-order chi connectivity index (χ1) is 13.9. The molecular weight excluding hydrogens is 430 g/mol. The number of halogens is 1.